The van der Waals surface area contributed by atoms with Crippen LogP contribution in [0.5, 0.6) is 0 Å². The van der Waals surface area contributed by atoms with Crippen molar-refractivity contribution in [1.82, 2.24) is 0 Å². The summed E-state index contributed by atoms with van der Waals surface area (Å²) in [6, 6.07) is 5.03. The Bertz CT molecular complexity index is 565. The zero-order chi connectivity index (χ0) is 13.8. The van der Waals surface area contributed by atoms with Crippen molar-refractivity contribution in [2.24, 2.45) is 0 Å². The highest BCUT2D eigenvalue weighted by Crippen LogP contribution is 2.24. The van der Waals surface area contributed by atoms with Crippen LogP contribution in [0.25, 0.3) is 0 Å². The number of carbonyl (C=O) groups is 1. The Balaban J connectivity index is 3.13. The molecule has 0 saturated carbocycles. The molecule has 0 unspecified atom stereocenters. The molecule has 0 heterocycles. The number of carbonyl (C=O) groups excluding carboxylic acids is 1. The average molecular weight is 271 g/mol. The van der Waals surface area contributed by atoms with Crippen LogP contribution in [0.3, 0.4) is 0 Å². The third-order valence-electron chi connectivity index (χ3n) is 2.28. The zero-order valence-electron chi connectivity index (χ0n) is 9.83. The molecule has 0 bridgehead atoms. The van der Waals surface area contributed by atoms with Gasteiger partial charge in [0, 0.05) is 12.5 Å². The maximum Gasteiger partial charge on any atom is 0.287 e. The fourth-order valence-corrected chi connectivity index (χ4v) is 2.98. The van der Waals surface area contributed by atoms with Gasteiger partial charge in [0.1, 0.15) is 16.4 Å². The van der Waals surface area contributed by atoms with E-state index in [1.54, 1.807) is 6.92 Å². The number of nitro benzene ring substituents is 1. The molecule has 0 saturated heterocycles. The van der Waals surface area contributed by atoms with Gasteiger partial charge in [0.15, 0.2) is 9.84 Å². The number of ketones is 1. The molecular formula is C11H13NO5S. The molecule has 0 aliphatic heterocycles. The summed E-state index contributed by atoms with van der Waals surface area (Å²) >= 11 is 0. The van der Waals surface area contributed by atoms with Gasteiger partial charge in [0.25, 0.3) is 5.69 Å². The molecule has 98 valence electrons. The molecule has 0 spiro atoms. The fourth-order valence-electron chi connectivity index (χ4n) is 1.51. The van der Waals surface area contributed by atoms with Crippen LogP contribution < -0.4 is 0 Å². The first-order valence-electron chi connectivity index (χ1n) is 5.36. The van der Waals surface area contributed by atoms with Crippen LogP contribution in [0.15, 0.2) is 29.2 Å². The number of hydrogen-bond donors (Lipinski definition) is 0. The Hall–Kier alpha value is -1.76. The molecule has 0 amide bonds. The van der Waals surface area contributed by atoms with Crippen molar-refractivity contribution >= 4 is 21.3 Å². The fraction of sp³-hybridized carbons (Fsp3) is 0.364. The van der Waals surface area contributed by atoms with Crippen molar-refractivity contribution in [3.05, 3.63) is 34.4 Å². The number of benzene rings is 1. The van der Waals surface area contributed by atoms with Crippen LogP contribution in [-0.2, 0) is 14.6 Å². The van der Waals surface area contributed by atoms with E-state index in [0.29, 0.717) is 6.42 Å². The van der Waals surface area contributed by atoms with Gasteiger partial charge < -0.3 is 0 Å². The topological polar surface area (TPSA) is 94.3 Å². The highest BCUT2D eigenvalue weighted by atomic mass is 32.2. The van der Waals surface area contributed by atoms with Crippen molar-refractivity contribution in [1.29, 1.82) is 0 Å². The van der Waals surface area contributed by atoms with Gasteiger partial charge in [-0.2, -0.15) is 0 Å². The molecule has 0 radical (unpaired) electrons. The number of rotatable bonds is 6. The second-order valence-corrected chi connectivity index (χ2v) is 5.73. The standard InChI is InChI=1S/C11H13NO5S/c1-2-5-9(13)8-18(16,17)11-7-4-3-6-10(11)12(14)15/h3-4,6-7H,2,5,8H2,1H3. The molecule has 1 rings (SSSR count). The van der Waals surface area contributed by atoms with Crippen molar-refractivity contribution in [2.75, 3.05) is 5.75 Å². The van der Waals surface area contributed by atoms with E-state index in [-0.39, 0.29) is 6.42 Å². The van der Waals surface area contributed by atoms with E-state index >= 15 is 0 Å². The van der Waals surface area contributed by atoms with E-state index in [1.165, 1.54) is 12.1 Å². The lowest BCUT2D eigenvalue weighted by Crippen LogP contribution is -2.17. The molecule has 0 aliphatic carbocycles. The summed E-state index contributed by atoms with van der Waals surface area (Å²) in [6.45, 7) is 1.76. The predicted octanol–water partition coefficient (Wildman–Crippen LogP) is 1.74. The second kappa shape index (κ2) is 5.72. The van der Waals surface area contributed by atoms with Crippen molar-refractivity contribution in [3.8, 4) is 0 Å². The molecule has 0 fully saturated rings. The molecule has 7 heteroatoms. The third-order valence-corrected chi connectivity index (χ3v) is 3.99. The van der Waals surface area contributed by atoms with Gasteiger partial charge >= 0.3 is 0 Å². The van der Waals surface area contributed by atoms with Crippen LogP contribution in [0.2, 0.25) is 0 Å². The van der Waals surface area contributed by atoms with Gasteiger partial charge in [-0.25, -0.2) is 8.42 Å². The van der Waals surface area contributed by atoms with Crippen LogP contribution >= 0.6 is 0 Å². The summed E-state index contributed by atoms with van der Waals surface area (Å²) in [7, 11) is -3.95. The Morgan fingerprint density at radius 3 is 2.50 bits per heavy atom. The molecule has 18 heavy (non-hydrogen) atoms. The molecule has 0 N–H and O–H groups in total. The lowest BCUT2D eigenvalue weighted by molar-refractivity contribution is -0.387. The van der Waals surface area contributed by atoms with Gasteiger partial charge in [0.2, 0.25) is 0 Å². The quantitative estimate of drug-likeness (QED) is 0.580. The lowest BCUT2D eigenvalue weighted by Gasteiger charge is -2.04. The minimum atomic E-state index is -3.95. The molecule has 1 aromatic carbocycles. The van der Waals surface area contributed by atoms with E-state index in [0.717, 1.165) is 12.1 Å². The van der Waals surface area contributed by atoms with Crippen LogP contribution in [0.4, 0.5) is 5.69 Å². The summed E-state index contributed by atoms with van der Waals surface area (Å²) in [4.78, 5) is 20.9. The first-order chi connectivity index (χ1) is 8.38. The van der Waals surface area contributed by atoms with Gasteiger partial charge in [0.05, 0.1) is 4.92 Å². The Labute approximate surface area is 105 Å². The predicted molar refractivity (Wildman–Crippen MR) is 65.1 cm³/mol. The molecule has 1 aromatic rings. The van der Waals surface area contributed by atoms with Crippen molar-refractivity contribution in [2.45, 2.75) is 24.7 Å². The zero-order valence-corrected chi connectivity index (χ0v) is 10.6. The Kier molecular flexibility index (Phi) is 4.55. The van der Waals surface area contributed by atoms with Crippen molar-refractivity contribution in [3.63, 3.8) is 0 Å². The smallest absolute Gasteiger partial charge is 0.287 e. The van der Waals surface area contributed by atoms with E-state index in [2.05, 4.69) is 0 Å². The summed E-state index contributed by atoms with van der Waals surface area (Å²) < 4.78 is 23.8. The first kappa shape index (κ1) is 14.3. The highest BCUT2D eigenvalue weighted by molar-refractivity contribution is 7.92. The maximum atomic E-state index is 11.9. The molecule has 0 atom stereocenters. The van der Waals surface area contributed by atoms with Gasteiger partial charge in [-0.05, 0) is 12.5 Å². The summed E-state index contributed by atoms with van der Waals surface area (Å²) in [5, 5.41) is 10.7. The van der Waals surface area contributed by atoms with Crippen LogP contribution in [0.1, 0.15) is 19.8 Å². The largest absolute Gasteiger partial charge is 0.299 e. The molecule has 0 aliphatic rings. The van der Waals surface area contributed by atoms with Crippen molar-refractivity contribution < 1.29 is 18.1 Å². The summed E-state index contributed by atoms with van der Waals surface area (Å²) in [6.07, 6.45) is 0.700. The molecular weight excluding hydrogens is 258 g/mol. The van der Waals surface area contributed by atoms with E-state index < -0.39 is 36.9 Å². The number of sulfone groups is 1. The molecule has 6 nitrogen and oxygen atoms in total. The Morgan fingerprint density at radius 1 is 1.33 bits per heavy atom. The monoisotopic (exact) mass is 271 g/mol. The maximum absolute atomic E-state index is 11.9. The number of para-hydroxylation sites is 1. The number of hydrogen-bond acceptors (Lipinski definition) is 5. The first-order valence-corrected chi connectivity index (χ1v) is 7.01. The van der Waals surface area contributed by atoms with Crippen LogP contribution in [0, 0.1) is 10.1 Å². The SMILES string of the molecule is CCCC(=O)CS(=O)(=O)c1ccccc1[N+](=O)[O-]. The number of Topliss-reactive ketones (excluding diaryl/α,β-unsaturated/α-hetero) is 1. The van der Waals surface area contributed by atoms with E-state index in [9.17, 15) is 23.3 Å². The normalized spacial score (nSPS) is 11.2. The lowest BCUT2D eigenvalue weighted by atomic mass is 10.3. The number of nitrogens with zero attached hydrogens (tertiary/aromatic N) is 1. The van der Waals surface area contributed by atoms with Gasteiger partial charge in [-0.1, -0.05) is 19.1 Å². The third kappa shape index (κ3) is 3.36. The molecule has 0 aromatic heterocycles. The highest BCUT2D eigenvalue weighted by Gasteiger charge is 2.26. The average Bonchev–Trinajstić information content (AvgIpc) is 2.28. The van der Waals surface area contributed by atoms with E-state index in [1.807, 2.05) is 0 Å². The van der Waals surface area contributed by atoms with Gasteiger partial charge in [-0.15, -0.1) is 0 Å². The van der Waals surface area contributed by atoms with E-state index in [4.69, 9.17) is 0 Å². The Morgan fingerprint density at radius 2 is 1.94 bits per heavy atom. The summed E-state index contributed by atoms with van der Waals surface area (Å²) in [5.74, 6) is -1.12. The minimum absolute atomic E-state index is 0.153. The number of nitro groups is 1. The summed E-state index contributed by atoms with van der Waals surface area (Å²) in [5.41, 5.74) is -0.498. The van der Waals surface area contributed by atoms with Gasteiger partial charge in [-0.3, -0.25) is 14.9 Å². The van der Waals surface area contributed by atoms with Crippen LogP contribution in [-0.4, -0.2) is 24.9 Å². The minimum Gasteiger partial charge on any atom is -0.299 e. The second-order valence-electron chi connectivity index (χ2n) is 3.77.